The topological polar surface area (TPSA) is 61.8 Å². The van der Waals surface area contributed by atoms with E-state index in [0.29, 0.717) is 17.8 Å². The minimum absolute atomic E-state index is 0.0778. The molecule has 6 heteroatoms. The molecule has 0 saturated heterocycles. The zero-order chi connectivity index (χ0) is 24.8. The van der Waals surface area contributed by atoms with Crippen molar-refractivity contribution in [3.05, 3.63) is 88.2 Å². The maximum absolute atomic E-state index is 14.4. The smallest absolute Gasteiger partial charge is 0.303 e. The van der Waals surface area contributed by atoms with Crippen LogP contribution < -0.4 is 15.0 Å². The Bertz CT molecular complexity index is 1190. The molecular formula is C29H33FN2O3. The van der Waals surface area contributed by atoms with Crippen LogP contribution in [0.3, 0.4) is 0 Å². The molecule has 35 heavy (non-hydrogen) atoms. The number of para-hydroxylation sites is 1. The summed E-state index contributed by atoms with van der Waals surface area (Å²) in [5.41, 5.74) is 7.47. The fourth-order valence-electron chi connectivity index (χ4n) is 4.89. The van der Waals surface area contributed by atoms with Gasteiger partial charge in [0.05, 0.1) is 7.11 Å². The van der Waals surface area contributed by atoms with E-state index >= 15 is 0 Å². The van der Waals surface area contributed by atoms with E-state index in [9.17, 15) is 9.18 Å². The van der Waals surface area contributed by atoms with E-state index in [1.807, 2.05) is 18.2 Å². The quantitative estimate of drug-likeness (QED) is 0.389. The Labute approximate surface area is 206 Å². The number of carboxylic acids is 1. The van der Waals surface area contributed by atoms with Crippen LogP contribution in [0.4, 0.5) is 15.8 Å². The number of ether oxygens (including phenoxy) is 1. The minimum atomic E-state index is -0.925. The van der Waals surface area contributed by atoms with Gasteiger partial charge >= 0.3 is 5.97 Å². The van der Waals surface area contributed by atoms with E-state index in [1.54, 1.807) is 13.2 Å². The van der Waals surface area contributed by atoms with E-state index < -0.39 is 5.97 Å². The van der Waals surface area contributed by atoms with Crippen molar-refractivity contribution in [3.63, 3.8) is 0 Å². The highest BCUT2D eigenvalue weighted by Gasteiger charge is 2.21. The van der Waals surface area contributed by atoms with Crippen LogP contribution in [0.1, 0.15) is 40.7 Å². The maximum Gasteiger partial charge on any atom is 0.303 e. The van der Waals surface area contributed by atoms with Gasteiger partial charge in [-0.2, -0.15) is 0 Å². The number of methoxy groups -OCH3 is 1. The Hall–Kier alpha value is -3.54. The van der Waals surface area contributed by atoms with Crippen molar-refractivity contribution in [2.24, 2.45) is 0 Å². The van der Waals surface area contributed by atoms with Gasteiger partial charge in [0.1, 0.15) is 11.6 Å². The van der Waals surface area contributed by atoms with Crippen molar-refractivity contribution in [1.29, 1.82) is 0 Å². The van der Waals surface area contributed by atoms with E-state index in [1.165, 1.54) is 34.0 Å². The maximum atomic E-state index is 14.4. The Morgan fingerprint density at radius 1 is 1.09 bits per heavy atom. The molecule has 0 aromatic heterocycles. The van der Waals surface area contributed by atoms with Gasteiger partial charge in [-0.1, -0.05) is 36.4 Å². The molecule has 0 saturated carbocycles. The number of fused-ring (bicyclic) bond motifs is 1. The second kappa shape index (κ2) is 11.3. The van der Waals surface area contributed by atoms with Crippen molar-refractivity contribution < 1.29 is 19.0 Å². The summed E-state index contributed by atoms with van der Waals surface area (Å²) in [4.78, 5) is 13.3. The summed E-state index contributed by atoms with van der Waals surface area (Å²) < 4.78 is 19.9. The molecule has 0 radical (unpaired) electrons. The van der Waals surface area contributed by atoms with Crippen LogP contribution in [0.15, 0.2) is 54.6 Å². The number of carboxylic acid groups (broad SMARTS) is 1. The summed E-state index contributed by atoms with van der Waals surface area (Å²) in [6, 6.07) is 17.5. The number of anilines is 2. The Balaban J connectivity index is 1.46. The SMILES string of the molecule is COc1ccccc1CCN1CCCc2ccc(CNc3ccc(CCC(=O)O)c(F)c3)c(C)c21. The normalized spacial score (nSPS) is 12.8. The largest absolute Gasteiger partial charge is 0.496 e. The molecule has 3 aromatic carbocycles. The van der Waals surface area contributed by atoms with Gasteiger partial charge in [-0.25, -0.2) is 4.39 Å². The zero-order valence-corrected chi connectivity index (χ0v) is 20.4. The third-order valence-corrected chi connectivity index (χ3v) is 6.80. The fourth-order valence-corrected chi connectivity index (χ4v) is 4.89. The summed E-state index contributed by atoms with van der Waals surface area (Å²) >= 11 is 0. The molecular weight excluding hydrogens is 443 g/mol. The highest BCUT2D eigenvalue weighted by Crippen LogP contribution is 2.33. The predicted octanol–water partition coefficient (Wildman–Crippen LogP) is 5.77. The zero-order valence-electron chi connectivity index (χ0n) is 20.4. The summed E-state index contributed by atoms with van der Waals surface area (Å²) in [5.74, 6) is -0.368. The molecule has 0 fully saturated rings. The lowest BCUT2D eigenvalue weighted by Gasteiger charge is -2.34. The lowest BCUT2D eigenvalue weighted by Crippen LogP contribution is -2.32. The molecule has 0 amide bonds. The van der Waals surface area contributed by atoms with Crippen molar-refractivity contribution in [3.8, 4) is 5.75 Å². The average Bonchev–Trinajstić information content (AvgIpc) is 2.86. The van der Waals surface area contributed by atoms with Gasteiger partial charge in [0.25, 0.3) is 0 Å². The van der Waals surface area contributed by atoms with Gasteiger partial charge in [-0.15, -0.1) is 0 Å². The van der Waals surface area contributed by atoms with Crippen LogP contribution >= 0.6 is 0 Å². The lowest BCUT2D eigenvalue weighted by atomic mass is 9.94. The standard InChI is InChI=1S/C29H33FN2O3/c1-20-24(19-31-25-13-11-21(26(30)18-25)12-14-28(33)34)10-9-23-7-5-16-32(29(20)23)17-15-22-6-3-4-8-27(22)35-2/h3-4,6,8-11,13,18,31H,5,7,12,14-17,19H2,1-2H3,(H,33,34). The van der Waals surface area contributed by atoms with Gasteiger partial charge in [0.15, 0.2) is 0 Å². The van der Waals surface area contributed by atoms with Crippen LogP contribution in [0.5, 0.6) is 5.75 Å². The number of hydrogen-bond donors (Lipinski definition) is 2. The number of nitrogens with one attached hydrogen (secondary N) is 1. The highest BCUT2D eigenvalue weighted by molar-refractivity contribution is 5.67. The van der Waals surface area contributed by atoms with Crippen molar-refractivity contribution >= 4 is 17.3 Å². The first-order valence-electron chi connectivity index (χ1n) is 12.2. The van der Waals surface area contributed by atoms with Crippen LogP contribution in [0.2, 0.25) is 0 Å². The number of aliphatic carboxylic acids is 1. The number of hydrogen-bond acceptors (Lipinski definition) is 4. The van der Waals surface area contributed by atoms with E-state index in [4.69, 9.17) is 9.84 Å². The second-order valence-electron chi connectivity index (χ2n) is 9.06. The van der Waals surface area contributed by atoms with Crippen LogP contribution in [-0.2, 0) is 30.6 Å². The molecule has 1 aliphatic heterocycles. The third kappa shape index (κ3) is 5.94. The van der Waals surface area contributed by atoms with Gasteiger partial charge in [0, 0.05) is 37.4 Å². The minimum Gasteiger partial charge on any atom is -0.496 e. The monoisotopic (exact) mass is 476 g/mol. The first-order chi connectivity index (χ1) is 17.0. The molecule has 184 valence electrons. The second-order valence-corrected chi connectivity index (χ2v) is 9.06. The number of aryl methyl sites for hydroxylation is 2. The van der Waals surface area contributed by atoms with E-state index in [-0.39, 0.29) is 18.7 Å². The third-order valence-electron chi connectivity index (χ3n) is 6.80. The van der Waals surface area contributed by atoms with Crippen LogP contribution in [-0.4, -0.2) is 31.3 Å². The Morgan fingerprint density at radius 2 is 1.89 bits per heavy atom. The fraction of sp³-hybridized carbons (Fsp3) is 0.345. The molecule has 5 nitrogen and oxygen atoms in total. The van der Waals surface area contributed by atoms with Crippen molar-refractivity contribution in [1.82, 2.24) is 0 Å². The first-order valence-corrected chi connectivity index (χ1v) is 12.2. The van der Waals surface area contributed by atoms with Crippen LogP contribution in [0.25, 0.3) is 0 Å². The van der Waals surface area contributed by atoms with Gasteiger partial charge in [0.2, 0.25) is 0 Å². The van der Waals surface area contributed by atoms with E-state index in [2.05, 4.69) is 41.4 Å². The Kier molecular flexibility index (Phi) is 7.91. The number of benzene rings is 3. The molecule has 0 atom stereocenters. The van der Waals surface area contributed by atoms with E-state index in [0.717, 1.165) is 38.1 Å². The number of carbonyl (C=O) groups is 1. The molecule has 4 rings (SSSR count). The van der Waals surface area contributed by atoms with Gasteiger partial charge < -0.3 is 20.1 Å². The summed E-state index contributed by atoms with van der Waals surface area (Å²) in [6.45, 7) is 4.72. The molecule has 2 N–H and O–H groups in total. The number of halogens is 1. The van der Waals surface area contributed by atoms with Gasteiger partial charge in [-0.05, 0) is 78.6 Å². The molecule has 3 aromatic rings. The molecule has 1 aliphatic rings. The molecule has 1 heterocycles. The first kappa shape index (κ1) is 24.6. The molecule has 0 bridgehead atoms. The summed E-state index contributed by atoms with van der Waals surface area (Å²) in [7, 11) is 1.72. The van der Waals surface area contributed by atoms with Crippen molar-refractivity contribution in [2.45, 2.75) is 45.6 Å². The molecule has 0 aliphatic carbocycles. The predicted molar refractivity (Wildman–Crippen MR) is 138 cm³/mol. The van der Waals surface area contributed by atoms with Crippen molar-refractivity contribution in [2.75, 3.05) is 30.4 Å². The summed E-state index contributed by atoms with van der Waals surface area (Å²) in [6.07, 6.45) is 3.25. The molecule has 0 spiro atoms. The van der Waals surface area contributed by atoms with Crippen LogP contribution in [0, 0.1) is 12.7 Å². The Morgan fingerprint density at radius 3 is 2.66 bits per heavy atom. The summed E-state index contributed by atoms with van der Waals surface area (Å²) in [5, 5.41) is 12.2. The highest BCUT2D eigenvalue weighted by atomic mass is 19.1. The number of nitrogens with zero attached hydrogens (tertiary/aromatic N) is 1. The lowest BCUT2D eigenvalue weighted by molar-refractivity contribution is -0.136. The molecule has 0 unspecified atom stereocenters. The average molecular weight is 477 g/mol. The van der Waals surface area contributed by atoms with Gasteiger partial charge in [-0.3, -0.25) is 4.79 Å². The number of rotatable bonds is 10.